The van der Waals surface area contributed by atoms with E-state index in [4.69, 9.17) is 4.52 Å². The predicted molar refractivity (Wildman–Crippen MR) is 93.7 cm³/mol. The molecule has 1 N–H and O–H groups in total. The van der Waals surface area contributed by atoms with Crippen molar-refractivity contribution in [2.24, 2.45) is 0 Å². The smallest absolute Gasteiger partial charge is 0.273 e. The third kappa shape index (κ3) is 4.80. The Morgan fingerprint density at radius 3 is 2.35 bits per heavy atom. The summed E-state index contributed by atoms with van der Waals surface area (Å²) in [7, 11) is 0. The van der Waals surface area contributed by atoms with Crippen molar-refractivity contribution in [1.82, 2.24) is 15.4 Å². The largest absolute Gasteiger partial charge is 0.361 e. The predicted octanol–water partition coefficient (Wildman–Crippen LogP) is 3.65. The van der Waals surface area contributed by atoms with Crippen LogP contribution >= 0.6 is 0 Å². The van der Waals surface area contributed by atoms with Crippen LogP contribution in [-0.2, 0) is 6.42 Å². The van der Waals surface area contributed by atoms with E-state index < -0.39 is 0 Å². The van der Waals surface area contributed by atoms with Crippen LogP contribution in [0.2, 0.25) is 0 Å². The van der Waals surface area contributed by atoms with Gasteiger partial charge in [-0.1, -0.05) is 32.9 Å². The first-order valence-electron chi connectivity index (χ1n) is 8.94. The summed E-state index contributed by atoms with van der Waals surface area (Å²) < 4.78 is 5.13. The van der Waals surface area contributed by atoms with Crippen LogP contribution in [0.15, 0.2) is 10.6 Å². The fourth-order valence-electron chi connectivity index (χ4n) is 2.98. The zero-order valence-corrected chi connectivity index (χ0v) is 15.6. The second-order valence-electron chi connectivity index (χ2n) is 6.42. The molecule has 0 aliphatic rings. The molecule has 2 atom stereocenters. The number of aryl methyl sites for hydroxylation is 1. The highest BCUT2D eigenvalue weighted by Gasteiger charge is 2.36. The lowest BCUT2D eigenvalue weighted by molar-refractivity contribution is 0.0581. The van der Waals surface area contributed by atoms with Crippen molar-refractivity contribution in [2.75, 3.05) is 13.1 Å². The van der Waals surface area contributed by atoms with Gasteiger partial charge in [-0.25, -0.2) is 0 Å². The van der Waals surface area contributed by atoms with Crippen LogP contribution in [0, 0.1) is 0 Å². The van der Waals surface area contributed by atoms with Crippen molar-refractivity contribution in [3.63, 3.8) is 0 Å². The molecular formula is C18H33N3O2. The fraction of sp³-hybridized carbons (Fsp3) is 0.778. The molecule has 0 saturated heterocycles. The van der Waals surface area contributed by atoms with Crippen molar-refractivity contribution in [3.8, 4) is 0 Å². The van der Waals surface area contributed by atoms with Gasteiger partial charge in [0.25, 0.3) is 5.91 Å². The van der Waals surface area contributed by atoms with Crippen LogP contribution in [0.1, 0.15) is 77.1 Å². The summed E-state index contributed by atoms with van der Waals surface area (Å²) in [6.07, 6.45) is 3.94. The van der Waals surface area contributed by atoms with Crippen molar-refractivity contribution < 1.29 is 9.32 Å². The highest BCUT2D eigenvalue weighted by molar-refractivity contribution is 5.92. The molecule has 0 fully saturated rings. The van der Waals surface area contributed by atoms with Gasteiger partial charge in [0.15, 0.2) is 5.69 Å². The van der Waals surface area contributed by atoms with E-state index in [1.54, 1.807) is 6.07 Å². The van der Waals surface area contributed by atoms with Crippen LogP contribution in [0.4, 0.5) is 0 Å². The minimum absolute atomic E-state index is 0.0277. The minimum Gasteiger partial charge on any atom is -0.361 e. The summed E-state index contributed by atoms with van der Waals surface area (Å²) >= 11 is 0. The first-order chi connectivity index (χ1) is 10.9. The maximum Gasteiger partial charge on any atom is 0.273 e. The second-order valence-corrected chi connectivity index (χ2v) is 6.42. The summed E-state index contributed by atoms with van der Waals surface area (Å²) in [5.41, 5.74) is 0.295. The van der Waals surface area contributed by atoms with Gasteiger partial charge in [-0.3, -0.25) is 9.69 Å². The van der Waals surface area contributed by atoms with E-state index in [0.717, 1.165) is 44.5 Å². The standard InChI is InChI=1S/C18H33N3O2/c1-7-11-21(12-8-2)18(6,10-4)14(5)19-17(22)16-13-15(9-3)23-20-16/h13-14H,7-12H2,1-6H3,(H,19,22). The van der Waals surface area contributed by atoms with Crippen LogP contribution in [0.5, 0.6) is 0 Å². The van der Waals surface area contributed by atoms with E-state index in [0.29, 0.717) is 5.69 Å². The van der Waals surface area contributed by atoms with Crippen molar-refractivity contribution in [1.29, 1.82) is 0 Å². The zero-order chi connectivity index (χ0) is 17.5. The molecule has 132 valence electrons. The lowest BCUT2D eigenvalue weighted by Crippen LogP contribution is -2.59. The van der Waals surface area contributed by atoms with Gasteiger partial charge in [-0.15, -0.1) is 0 Å². The average molecular weight is 323 g/mol. The number of carbonyl (C=O) groups excluding carboxylic acids is 1. The Balaban J connectivity index is 2.85. The second kappa shape index (κ2) is 9.06. The molecular weight excluding hydrogens is 290 g/mol. The third-order valence-corrected chi connectivity index (χ3v) is 4.85. The monoisotopic (exact) mass is 323 g/mol. The van der Waals surface area contributed by atoms with Crippen molar-refractivity contribution >= 4 is 5.91 Å². The number of nitrogens with one attached hydrogen (secondary N) is 1. The Labute approximate surface area is 140 Å². The molecule has 5 heteroatoms. The summed E-state index contributed by atoms with van der Waals surface area (Å²) in [5.74, 6) is 0.577. The van der Waals surface area contributed by atoms with Crippen LogP contribution in [0.25, 0.3) is 0 Å². The van der Waals surface area contributed by atoms with Crippen LogP contribution in [-0.4, -0.2) is 40.6 Å². The molecule has 1 aromatic rings. The molecule has 0 aliphatic heterocycles. The Hall–Kier alpha value is -1.36. The number of amides is 1. The Kier molecular flexibility index (Phi) is 7.76. The molecule has 1 rings (SSSR count). The normalized spacial score (nSPS) is 15.4. The molecule has 2 unspecified atom stereocenters. The number of aromatic nitrogens is 1. The van der Waals surface area contributed by atoms with Gasteiger partial charge in [0.05, 0.1) is 0 Å². The molecule has 0 bridgehead atoms. The number of hydrogen-bond donors (Lipinski definition) is 1. The maximum atomic E-state index is 12.4. The maximum absolute atomic E-state index is 12.4. The van der Waals surface area contributed by atoms with E-state index in [-0.39, 0.29) is 17.5 Å². The molecule has 23 heavy (non-hydrogen) atoms. The number of hydrogen-bond acceptors (Lipinski definition) is 4. The summed E-state index contributed by atoms with van der Waals surface area (Å²) in [4.78, 5) is 14.9. The first kappa shape index (κ1) is 19.7. The quantitative estimate of drug-likeness (QED) is 0.714. The number of rotatable bonds is 10. The van der Waals surface area contributed by atoms with E-state index >= 15 is 0 Å². The summed E-state index contributed by atoms with van der Waals surface area (Å²) in [6, 6.07) is 1.75. The summed E-state index contributed by atoms with van der Waals surface area (Å²) in [6.45, 7) is 15.0. The molecule has 0 aliphatic carbocycles. The van der Waals surface area contributed by atoms with Gasteiger partial charge in [-0.2, -0.15) is 0 Å². The van der Waals surface area contributed by atoms with Crippen molar-refractivity contribution in [2.45, 2.75) is 78.8 Å². The molecule has 1 amide bonds. The van der Waals surface area contributed by atoms with E-state index in [1.165, 1.54) is 0 Å². The third-order valence-electron chi connectivity index (χ3n) is 4.85. The van der Waals surface area contributed by atoms with Gasteiger partial charge >= 0.3 is 0 Å². The van der Waals surface area contributed by atoms with E-state index in [1.807, 2.05) is 6.92 Å². The minimum atomic E-state index is -0.159. The highest BCUT2D eigenvalue weighted by Crippen LogP contribution is 2.25. The van der Waals surface area contributed by atoms with Gasteiger partial charge in [0.2, 0.25) is 0 Å². The lowest BCUT2D eigenvalue weighted by atomic mass is 9.87. The average Bonchev–Trinajstić information content (AvgIpc) is 3.03. The number of carbonyl (C=O) groups is 1. The van der Waals surface area contributed by atoms with Gasteiger partial charge in [-0.05, 0) is 46.2 Å². The Morgan fingerprint density at radius 1 is 1.30 bits per heavy atom. The number of nitrogens with zero attached hydrogens (tertiary/aromatic N) is 2. The first-order valence-corrected chi connectivity index (χ1v) is 8.94. The molecule has 5 nitrogen and oxygen atoms in total. The Bertz CT molecular complexity index is 480. The highest BCUT2D eigenvalue weighted by atomic mass is 16.5. The molecule has 1 heterocycles. The topological polar surface area (TPSA) is 58.4 Å². The Morgan fingerprint density at radius 2 is 1.91 bits per heavy atom. The van der Waals surface area contributed by atoms with Crippen molar-refractivity contribution in [3.05, 3.63) is 17.5 Å². The molecule has 0 aromatic carbocycles. The van der Waals surface area contributed by atoms with Crippen LogP contribution in [0.3, 0.4) is 0 Å². The molecule has 0 saturated carbocycles. The van der Waals surface area contributed by atoms with Gasteiger partial charge in [0, 0.05) is 24.1 Å². The fourth-order valence-corrected chi connectivity index (χ4v) is 2.98. The summed E-state index contributed by atoms with van der Waals surface area (Å²) in [5, 5.41) is 6.98. The van der Waals surface area contributed by atoms with Gasteiger partial charge in [0.1, 0.15) is 5.76 Å². The van der Waals surface area contributed by atoms with Crippen LogP contribution < -0.4 is 5.32 Å². The molecule has 0 radical (unpaired) electrons. The lowest BCUT2D eigenvalue weighted by Gasteiger charge is -2.45. The SMILES string of the molecule is CCCN(CCC)C(C)(CC)C(C)NC(=O)c1cc(CC)on1. The van der Waals surface area contributed by atoms with Gasteiger partial charge < -0.3 is 9.84 Å². The zero-order valence-electron chi connectivity index (χ0n) is 15.6. The van der Waals surface area contributed by atoms with E-state index in [2.05, 4.69) is 50.0 Å². The van der Waals surface area contributed by atoms with E-state index in [9.17, 15) is 4.79 Å². The molecule has 1 aromatic heterocycles. The molecule has 0 spiro atoms.